The minimum absolute atomic E-state index is 0.170. The zero-order chi connectivity index (χ0) is 19.7. The van der Waals surface area contributed by atoms with Gasteiger partial charge in [0.05, 0.1) is 48.8 Å². The van der Waals surface area contributed by atoms with Crippen molar-refractivity contribution in [2.45, 2.75) is 13.1 Å². The lowest BCUT2D eigenvalue weighted by Gasteiger charge is -2.20. The average molecular weight is 377 g/mol. The van der Waals surface area contributed by atoms with Gasteiger partial charge in [-0.1, -0.05) is 24.3 Å². The van der Waals surface area contributed by atoms with E-state index in [1.807, 2.05) is 67.5 Å². The smallest absolute Gasteiger partial charge is 0.319 e. The molecule has 28 heavy (non-hydrogen) atoms. The van der Waals surface area contributed by atoms with E-state index in [0.29, 0.717) is 13.1 Å². The summed E-state index contributed by atoms with van der Waals surface area (Å²) in [6.07, 6.45) is 0. The monoisotopic (exact) mass is 377 g/mol. The number of hydrogen-bond donors (Lipinski definition) is 0. The first-order valence-electron chi connectivity index (χ1n) is 9.16. The molecule has 0 atom stereocenters. The molecule has 2 aromatic carbocycles. The number of benzene rings is 2. The standard InChI is InChI=1S/C21H23N5O2/c1-24-17-10-6-4-8-15(17)22-19(24)12-26(14-21(27)28-3)13-20-23-16-9-5-7-11-18(16)25(20)2/h4-11H,12-14H2,1-3H3. The minimum atomic E-state index is -0.280. The third kappa shape index (κ3) is 3.36. The molecule has 0 aliphatic rings. The molecule has 0 spiro atoms. The highest BCUT2D eigenvalue weighted by atomic mass is 16.5. The van der Waals surface area contributed by atoms with Gasteiger partial charge in [0, 0.05) is 14.1 Å². The van der Waals surface area contributed by atoms with Gasteiger partial charge in [-0.15, -0.1) is 0 Å². The van der Waals surface area contributed by atoms with Crippen molar-refractivity contribution in [1.29, 1.82) is 0 Å². The maximum absolute atomic E-state index is 12.0. The van der Waals surface area contributed by atoms with Gasteiger partial charge in [0.1, 0.15) is 11.6 Å². The number of imidazole rings is 2. The largest absolute Gasteiger partial charge is 0.468 e. The van der Waals surface area contributed by atoms with Crippen LogP contribution in [0.4, 0.5) is 0 Å². The second-order valence-corrected chi connectivity index (χ2v) is 6.87. The van der Waals surface area contributed by atoms with Gasteiger partial charge in [0.2, 0.25) is 0 Å². The van der Waals surface area contributed by atoms with Crippen molar-refractivity contribution >= 4 is 28.0 Å². The number of aryl methyl sites for hydroxylation is 2. The Balaban J connectivity index is 1.65. The summed E-state index contributed by atoms with van der Waals surface area (Å²) in [5.41, 5.74) is 4.03. The van der Waals surface area contributed by atoms with Crippen molar-refractivity contribution in [2.75, 3.05) is 13.7 Å². The van der Waals surface area contributed by atoms with Crippen molar-refractivity contribution in [3.8, 4) is 0 Å². The Kier molecular flexibility index (Phi) is 4.83. The van der Waals surface area contributed by atoms with E-state index in [0.717, 1.165) is 33.7 Å². The summed E-state index contributed by atoms with van der Waals surface area (Å²) in [7, 11) is 5.40. The SMILES string of the molecule is COC(=O)CN(Cc1nc2ccccc2n1C)Cc1nc2ccccc2n1C. The Hall–Kier alpha value is -3.19. The number of rotatable bonds is 6. The van der Waals surface area contributed by atoms with Crippen LogP contribution in [0.3, 0.4) is 0 Å². The van der Waals surface area contributed by atoms with Crippen molar-refractivity contribution < 1.29 is 9.53 Å². The number of ether oxygens (including phenoxy) is 1. The summed E-state index contributed by atoms with van der Waals surface area (Å²) >= 11 is 0. The van der Waals surface area contributed by atoms with Crippen molar-refractivity contribution in [3.05, 3.63) is 60.2 Å². The highest BCUT2D eigenvalue weighted by Crippen LogP contribution is 2.19. The van der Waals surface area contributed by atoms with E-state index in [4.69, 9.17) is 14.7 Å². The summed E-state index contributed by atoms with van der Waals surface area (Å²) in [6.45, 7) is 1.20. The molecular weight excluding hydrogens is 354 g/mol. The lowest BCUT2D eigenvalue weighted by molar-refractivity contribution is -0.142. The molecule has 7 nitrogen and oxygen atoms in total. The van der Waals surface area contributed by atoms with Crippen LogP contribution in [0.2, 0.25) is 0 Å². The number of hydrogen-bond acceptors (Lipinski definition) is 5. The molecule has 2 heterocycles. The first kappa shape index (κ1) is 18.2. The first-order chi connectivity index (χ1) is 13.6. The van der Waals surface area contributed by atoms with Crippen LogP contribution in [0.5, 0.6) is 0 Å². The number of aromatic nitrogens is 4. The van der Waals surface area contributed by atoms with Crippen LogP contribution in [0.15, 0.2) is 48.5 Å². The van der Waals surface area contributed by atoms with Crippen LogP contribution in [-0.2, 0) is 36.7 Å². The number of carbonyl (C=O) groups is 1. The third-order valence-corrected chi connectivity index (χ3v) is 5.07. The predicted molar refractivity (Wildman–Crippen MR) is 108 cm³/mol. The van der Waals surface area contributed by atoms with Crippen LogP contribution < -0.4 is 0 Å². The van der Waals surface area contributed by atoms with Gasteiger partial charge in [-0.05, 0) is 24.3 Å². The molecule has 0 aliphatic carbocycles. The normalized spacial score (nSPS) is 11.6. The zero-order valence-corrected chi connectivity index (χ0v) is 16.3. The number of fused-ring (bicyclic) bond motifs is 2. The molecule has 4 rings (SSSR count). The van der Waals surface area contributed by atoms with Gasteiger partial charge < -0.3 is 13.9 Å². The molecule has 7 heteroatoms. The molecule has 4 aromatic rings. The van der Waals surface area contributed by atoms with Crippen LogP contribution in [0.25, 0.3) is 22.1 Å². The van der Waals surface area contributed by atoms with Crippen molar-refractivity contribution in [1.82, 2.24) is 24.0 Å². The summed E-state index contributed by atoms with van der Waals surface area (Å²) in [6, 6.07) is 16.0. The zero-order valence-electron chi connectivity index (χ0n) is 16.3. The predicted octanol–water partition coefficient (Wildman–Crippen LogP) is 2.64. The van der Waals surface area contributed by atoms with Crippen LogP contribution >= 0.6 is 0 Å². The Morgan fingerprint density at radius 3 is 1.79 bits per heavy atom. The second-order valence-electron chi connectivity index (χ2n) is 6.87. The first-order valence-corrected chi connectivity index (χ1v) is 9.16. The molecule has 0 aliphatic heterocycles. The van der Waals surface area contributed by atoms with Crippen molar-refractivity contribution in [3.63, 3.8) is 0 Å². The number of para-hydroxylation sites is 4. The van der Waals surface area contributed by atoms with Gasteiger partial charge >= 0.3 is 5.97 Å². The molecule has 0 radical (unpaired) electrons. The molecule has 0 amide bonds. The molecule has 0 N–H and O–H groups in total. The lowest BCUT2D eigenvalue weighted by Crippen LogP contribution is -2.31. The van der Waals surface area contributed by atoms with Gasteiger partial charge in [-0.25, -0.2) is 9.97 Å². The van der Waals surface area contributed by atoms with E-state index in [1.54, 1.807) is 0 Å². The van der Waals surface area contributed by atoms with E-state index in [-0.39, 0.29) is 12.5 Å². The summed E-state index contributed by atoms with van der Waals surface area (Å²) in [5.74, 6) is 1.50. The fourth-order valence-electron chi connectivity index (χ4n) is 3.49. The van der Waals surface area contributed by atoms with Crippen molar-refractivity contribution in [2.24, 2.45) is 14.1 Å². The quantitative estimate of drug-likeness (QED) is 0.483. The lowest BCUT2D eigenvalue weighted by atomic mass is 10.3. The summed E-state index contributed by atoms with van der Waals surface area (Å²) in [5, 5.41) is 0. The van der Waals surface area contributed by atoms with Gasteiger partial charge in [0.15, 0.2) is 0 Å². The molecule has 144 valence electrons. The Bertz CT molecular complexity index is 1060. The Morgan fingerprint density at radius 1 is 0.893 bits per heavy atom. The molecule has 0 unspecified atom stereocenters. The highest BCUT2D eigenvalue weighted by molar-refractivity contribution is 5.76. The molecule has 0 saturated heterocycles. The van der Waals surface area contributed by atoms with Crippen LogP contribution in [0, 0.1) is 0 Å². The maximum Gasteiger partial charge on any atom is 0.319 e. The fourth-order valence-corrected chi connectivity index (χ4v) is 3.49. The molecule has 2 aromatic heterocycles. The van der Waals surface area contributed by atoms with E-state index >= 15 is 0 Å². The number of methoxy groups -OCH3 is 1. The number of esters is 1. The van der Waals surface area contributed by atoms with E-state index in [1.165, 1.54) is 7.11 Å². The van der Waals surface area contributed by atoms with E-state index in [2.05, 4.69) is 9.13 Å². The van der Waals surface area contributed by atoms with Gasteiger partial charge in [-0.3, -0.25) is 9.69 Å². The second kappa shape index (κ2) is 7.44. The number of nitrogens with zero attached hydrogens (tertiary/aromatic N) is 5. The average Bonchev–Trinajstić information content (AvgIpc) is 3.19. The Morgan fingerprint density at radius 2 is 1.36 bits per heavy atom. The molecular formula is C21H23N5O2. The fraction of sp³-hybridized carbons (Fsp3) is 0.286. The third-order valence-electron chi connectivity index (χ3n) is 5.07. The van der Waals surface area contributed by atoms with E-state index in [9.17, 15) is 4.79 Å². The maximum atomic E-state index is 12.0. The van der Waals surface area contributed by atoms with Gasteiger partial charge in [0.25, 0.3) is 0 Å². The molecule has 0 fully saturated rings. The molecule has 0 bridgehead atoms. The minimum Gasteiger partial charge on any atom is -0.468 e. The number of carbonyl (C=O) groups excluding carboxylic acids is 1. The van der Waals surface area contributed by atoms with Crippen LogP contribution in [0.1, 0.15) is 11.6 Å². The van der Waals surface area contributed by atoms with Crippen LogP contribution in [-0.4, -0.2) is 43.6 Å². The highest BCUT2D eigenvalue weighted by Gasteiger charge is 2.19. The Labute approximate surface area is 163 Å². The summed E-state index contributed by atoms with van der Waals surface area (Å²) < 4.78 is 9.03. The topological polar surface area (TPSA) is 65.2 Å². The van der Waals surface area contributed by atoms with E-state index < -0.39 is 0 Å². The van der Waals surface area contributed by atoms with Gasteiger partial charge in [-0.2, -0.15) is 0 Å². The summed E-state index contributed by atoms with van der Waals surface area (Å²) in [4.78, 5) is 23.5. The molecule has 0 saturated carbocycles.